The van der Waals surface area contributed by atoms with Crippen LogP contribution in [-0.2, 0) is 16.6 Å². The molecule has 0 bridgehead atoms. The Morgan fingerprint density at radius 2 is 1.88 bits per heavy atom. The van der Waals surface area contributed by atoms with Crippen LogP contribution >= 0.6 is 11.6 Å². The fourth-order valence-corrected chi connectivity index (χ4v) is 4.91. The molecule has 2 N–H and O–H groups in total. The van der Waals surface area contributed by atoms with Gasteiger partial charge in [0.15, 0.2) is 0 Å². The number of nitrogens with zero attached hydrogens (tertiary/aromatic N) is 2. The largest absolute Gasteiger partial charge is 0.495 e. The molecule has 4 aromatic rings. The monoisotopic (exact) mass is 498 g/mol. The first-order valence-corrected chi connectivity index (χ1v) is 12.3. The summed E-state index contributed by atoms with van der Waals surface area (Å²) in [5, 5.41) is 3.20. The zero-order valence-electron chi connectivity index (χ0n) is 18.6. The second-order valence-electron chi connectivity index (χ2n) is 7.53. The van der Waals surface area contributed by atoms with Gasteiger partial charge in [-0.2, -0.15) is 0 Å². The number of imidazole rings is 1. The molecule has 0 radical (unpaired) electrons. The summed E-state index contributed by atoms with van der Waals surface area (Å²) < 4.78 is 35.6. The molecule has 34 heavy (non-hydrogen) atoms. The van der Waals surface area contributed by atoms with E-state index in [0.717, 1.165) is 16.9 Å². The molecule has 10 heteroatoms. The highest BCUT2D eigenvalue weighted by atomic mass is 35.5. The lowest BCUT2D eigenvalue weighted by Crippen LogP contribution is -2.27. The van der Waals surface area contributed by atoms with Crippen LogP contribution in [0.15, 0.2) is 71.6 Å². The second kappa shape index (κ2) is 9.74. The first-order valence-electron chi connectivity index (χ1n) is 10.4. The zero-order chi connectivity index (χ0) is 24.3. The van der Waals surface area contributed by atoms with Gasteiger partial charge in [0.1, 0.15) is 11.6 Å². The SMILES string of the molecule is COc1ccc(Cl)cc1NS(=O)(=O)c1cccc(C(=O)NCCn2c(C)nc3ccccc32)c1. The first-order chi connectivity index (χ1) is 16.3. The Morgan fingerprint density at radius 3 is 2.68 bits per heavy atom. The van der Waals surface area contributed by atoms with Crippen LogP contribution in [0.1, 0.15) is 16.2 Å². The lowest BCUT2D eigenvalue weighted by atomic mass is 10.2. The van der Waals surface area contributed by atoms with Gasteiger partial charge < -0.3 is 14.6 Å². The van der Waals surface area contributed by atoms with Crippen molar-refractivity contribution >= 4 is 44.3 Å². The summed E-state index contributed by atoms with van der Waals surface area (Å²) in [7, 11) is -2.55. The fourth-order valence-electron chi connectivity index (χ4n) is 3.63. The van der Waals surface area contributed by atoms with Crippen molar-refractivity contribution in [3.63, 3.8) is 0 Å². The topological polar surface area (TPSA) is 102 Å². The van der Waals surface area contributed by atoms with Crippen LogP contribution < -0.4 is 14.8 Å². The number of anilines is 1. The van der Waals surface area contributed by atoms with E-state index in [-0.39, 0.29) is 22.1 Å². The Hall–Kier alpha value is -3.56. The number of para-hydroxylation sites is 2. The Balaban J connectivity index is 1.47. The molecule has 1 amide bonds. The molecule has 0 saturated heterocycles. The average molecular weight is 499 g/mol. The summed E-state index contributed by atoms with van der Waals surface area (Å²) in [6, 6.07) is 18.2. The number of nitrogens with one attached hydrogen (secondary N) is 2. The fraction of sp³-hybridized carbons (Fsp3) is 0.167. The van der Waals surface area contributed by atoms with Gasteiger partial charge in [-0.1, -0.05) is 29.8 Å². The normalized spacial score (nSPS) is 11.4. The molecular formula is C24H23ClN4O4S. The van der Waals surface area contributed by atoms with E-state index in [9.17, 15) is 13.2 Å². The standard InChI is InChI=1S/C24H23ClN4O4S/c1-16-27-20-8-3-4-9-22(20)29(16)13-12-26-24(30)17-6-5-7-19(14-17)34(31,32)28-21-15-18(25)10-11-23(21)33-2/h3-11,14-15,28H,12-13H2,1-2H3,(H,26,30). The zero-order valence-corrected chi connectivity index (χ0v) is 20.2. The lowest BCUT2D eigenvalue weighted by molar-refractivity contribution is 0.0952. The highest BCUT2D eigenvalue weighted by Gasteiger charge is 2.19. The van der Waals surface area contributed by atoms with E-state index in [1.165, 1.54) is 31.4 Å². The number of aryl methyl sites for hydroxylation is 1. The first kappa shape index (κ1) is 23.6. The maximum Gasteiger partial charge on any atom is 0.262 e. The molecule has 176 valence electrons. The predicted molar refractivity (Wildman–Crippen MR) is 132 cm³/mol. The van der Waals surface area contributed by atoms with Crippen LogP contribution in [0.5, 0.6) is 5.75 Å². The average Bonchev–Trinajstić information content (AvgIpc) is 3.14. The van der Waals surface area contributed by atoms with Gasteiger partial charge in [0.05, 0.1) is 28.7 Å². The number of hydrogen-bond donors (Lipinski definition) is 2. The molecule has 8 nitrogen and oxygen atoms in total. The summed E-state index contributed by atoms with van der Waals surface area (Å²) in [5.41, 5.74) is 2.32. The number of fused-ring (bicyclic) bond motifs is 1. The number of carbonyl (C=O) groups is 1. The van der Waals surface area contributed by atoms with E-state index >= 15 is 0 Å². The summed E-state index contributed by atoms with van der Waals surface area (Å²) in [6.07, 6.45) is 0. The van der Waals surface area contributed by atoms with Gasteiger partial charge >= 0.3 is 0 Å². The summed E-state index contributed by atoms with van der Waals surface area (Å²) in [6.45, 7) is 2.80. The molecule has 0 aliphatic rings. The maximum atomic E-state index is 12.9. The maximum absolute atomic E-state index is 12.9. The minimum absolute atomic E-state index is 0.0568. The lowest BCUT2D eigenvalue weighted by Gasteiger charge is -2.13. The predicted octanol–water partition coefficient (Wildman–Crippen LogP) is 4.24. The van der Waals surface area contributed by atoms with Crippen molar-refractivity contribution in [1.82, 2.24) is 14.9 Å². The van der Waals surface area contributed by atoms with Crippen molar-refractivity contribution in [2.75, 3.05) is 18.4 Å². The number of rotatable bonds is 8. The highest BCUT2D eigenvalue weighted by Crippen LogP contribution is 2.30. The van der Waals surface area contributed by atoms with Crippen LogP contribution in [-0.4, -0.2) is 37.5 Å². The van der Waals surface area contributed by atoms with Crippen LogP contribution in [0.3, 0.4) is 0 Å². The molecule has 0 atom stereocenters. The summed E-state index contributed by atoms with van der Waals surface area (Å²) >= 11 is 5.99. The molecule has 3 aromatic carbocycles. The van der Waals surface area contributed by atoms with Crippen molar-refractivity contribution in [2.24, 2.45) is 0 Å². The van der Waals surface area contributed by atoms with Gasteiger partial charge in [0, 0.05) is 23.7 Å². The number of hydrogen-bond acceptors (Lipinski definition) is 5. The van der Waals surface area contributed by atoms with Gasteiger partial charge in [-0.05, 0) is 55.5 Å². The molecule has 0 aliphatic heterocycles. The number of amides is 1. The smallest absolute Gasteiger partial charge is 0.262 e. The quantitative estimate of drug-likeness (QED) is 0.378. The number of halogens is 1. The number of carbonyl (C=O) groups excluding carboxylic acids is 1. The van der Waals surface area contributed by atoms with Crippen LogP contribution in [0.2, 0.25) is 5.02 Å². The van der Waals surface area contributed by atoms with Gasteiger partial charge in [0.2, 0.25) is 0 Å². The molecule has 0 aliphatic carbocycles. The number of sulfonamides is 1. The van der Waals surface area contributed by atoms with Gasteiger partial charge in [-0.3, -0.25) is 9.52 Å². The molecule has 0 unspecified atom stereocenters. The molecule has 4 rings (SSSR count). The van der Waals surface area contributed by atoms with E-state index in [0.29, 0.717) is 23.9 Å². The molecular weight excluding hydrogens is 476 g/mol. The summed E-state index contributed by atoms with van der Waals surface area (Å²) in [4.78, 5) is 17.2. The minimum atomic E-state index is -3.99. The number of benzene rings is 3. The van der Waals surface area contributed by atoms with E-state index in [1.54, 1.807) is 18.2 Å². The van der Waals surface area contributed by atoms with Crippen molar-refractivity contribution in [3.05, 3.63) is 83.1 Å². The third-order valence-corrected chi connectivity index (χ3v) is 6.88. The Kier molecular flexibility index (Phi) is 6.76. The van der Waals surface area contributed by atoms with E-state index in [2.05, 4.69) is 15.0 Å². The van der Waals surface area contributed by atoms with Crippen LogP contribution in [0.4, 0.5) is 5.69 Å². The van der Waals surface area contributed by atoms with Crippen LogP contribution in [0, 0.1) is 6.92 Å². The van der Waals surface area contributed by atoms with Crippen molar-refractivity contribution in [3.8, 4) is 5.75 Å². The van der Waals surface area contributed by atoms with Gasteiger partial charge in [0.25, 0.3) is 15.9 Å². The second-order valence-corrected chi connectivity index (χ2v) is 9.65. The Bertz CT molecular complexity index is 1470. The number of ether oxygens (including phenoxy) is 1. The van der Waals surface area contributed by atoms with Crippen molar-refractivity contribution in [2.45, 2.75) is 18.4 Å². The minimum Gasteiger partial charge on any atom is -0.495 e. The van der Waals surface area contributed by atoms with Crippen molar-refractivity contribution < 1.29 is 17.9 Å². The van der Waals surface area contributed by atoms with Gasteiger partial charge in [-0.25, -0.2) is 13.4 Å². The van der Waals surface area contributed by atoms with Crippen molar-refractivity contribution in [1.29, 1.82) is 0 Å². The number of aromatic nitrogens is 2. The molecule has 0 fully saturated rings. The molecule has 0 spiro atoms. The number of methoxy groups -OCH3 is 1. The van der Waals surface area contributed by atoms with E-state index < -0.39 is 10.0 Å². The van der Waals surface area contributed by atoms with Crippen LogP contribution in [0.25, 0.3) is 11.0 Å². The Labute approximate surface area is 202 Å². The molecule has 1 heterocycles. The Morgan fingerprint density at radius 1 is 1.09 bits per heavy atom. The third-order valence-electron chi connectivity index (χ3n) is 5.28. The van der Waals surface area contributed by atoms with Gasteiger partial charge in [-0.15, -0.1) is 0 Å². The molecule has 0 saturated carbocycles. The van der Waals surface area contributed by atoms with E-state index in [1.807, 2.05) is 35.8 Å². The summed E-state index contributed by atoms with van der Waals surface area (Å²) in [5.74, 6) is 0.801. The highest BCUT2D eigenvalue weighted by molar-refractivity contribution is 7.92. The van der Waals surface area contributed by atoms with E-state index in [4.69, 9.17) is 16.3 Å². The third kappa shape index (κ3) is 5.00. The molecule has 1 aromatic heterocycles.